The molecule has 5 N–H and O–H groups in total. The maximum atomic E-state index is 10.5. The van der Waals surface area contributed by atoms with E-state index in [0.29, 0.717) is 0 Å². The maximum absolute atomic E-state index is 10.5. The number of nitrogens with zero attached hydrogens (tertiary/aromatic N) is 3. The van der Waals surface area contributed by atoms with Gasteiger partial charge in [0.05, 0.1) is 0 Å². The molecule has 0 amide bonds. The Morgan fingerprint density at radius 2 is 2.23 bits per heavy atom. The summed E-state index contributed by atoms with van der Waals surface area (Å²) in [6.07, 6.45) is -1.68. The molecule has 0 aliphatic carbocycles. The van der Waals surface area contributed by atoms with Crippen LogP contribution in [0.4, 0.5) is 10.7 Å². The van der Waals surface area contributed by atoms with E-state index in [1.54, 1.807) is 4.98 Å². The SMILES string of the molecule is N.O=C(O)n1nc([N+](=O)[O-])[nH]c1=O. The molecule has 0 aliphatic rings. The van der Waals surface area contributed by atoms with Gasteiger partial charge in [-0.15, -0.1) is 0 Å². The fourth-order valence-electron chi connectivity index (χ4n) is 0.526. The molecular weight excluding hydrogens is 186 g/mol. The summed E-state index contributed by atoms with van der Waals surface area (Å²) in [6.45, 7) is 0. The second-order valence-corrected chi connectivity index (χ2v) is 1.71. The fraction of sp³-hybridized carbons (Fsp3) is 0. The Labute approximate surface area is 69.5 Å². The molecule has 1 rings (SSSR count). The van der Waals surface area contributed by atoms with Gasteiger partial charge in [-0.05, 0) is 9.61 Å². The lowest BCUT2D eigenvalue weighted by molar-refractivity contribution is -0.394. The first-order valence-corrected chi connectivity index (χ1v) is 2.59. The smallest absolute Gasteiger partial charge is 0.457 e. The number of hydrogen-bond acceptors (Lipinski definition) is 6. The van der Waals surface area contributed by atoms with Gasteiger partial charge < -0.3 is 21.4 Å². The number of aromatic amines is 1. The standard InChI is InChI=1S/C3H2N4O5.H3N/c8-2-4-1(7(11)12)5-6(2)3(9)10;/h(H,9,10)(H,4,5,8);1H3. The van der Waals surface area contributed by atoms with Crippen molar-refractivity contribution >= 4 is 12.0 Å². The van der Waals surface area contributed by atoms with Gasteiger partial charge in [0, 0.05) is 5.10 Å². The van der Waals surface area contributed by atoms with Gasteiger partial charge in [-0.1, -0.05) is 0 Å². The van der Waals surface area contributed by atoms with Crippen LogP contribution in [0.3, 0.4) is 0 Å². The predicted molar refractivity (Wildman–Crippen MR) is 37.9 cm³/mol. The molecule has 0 aromatic carbocycles. The molecule has 72 valence electrons. The second kappa shape index (κ2) is 3.44. The zero-order valence-electron chi connectivity index (χ0n) is 6.13. The number of carboxylic acid groups (broad SMARTS) is 1. The molecule has 1 aromatic rings. The summed E-state index contributed by atoms with van der Waals surface area (Å²) < 4.78 is -0.0574. The molecular formula is C3H5N5O5. The van der Waals surface area contributed by atoms with Crippen LogP contribution in [0.2, 0.25) is 0 Å². The topological polar surface area (TPSA) is 166 Å². The number of hydrogen-bond donors (Lipinski definition) is 3. The second-order valence-electron chi connectivity index (χ2n) is 1.71. The summed E-state index contributed by atoms with van der Waals surface area (Å²) in [5.41, 5.74) is -1.16. The van der Waals surface area contributed by atoms with Gasteiger partial charge in [0.2, 0.25) is 0 Å². The third-order valence-electron chi connectivity index (χ3n) is 0.960. The van der Waals surface area contributed by atoms with E-state index in [1.807, 2.05) is 0 Å². The number of rotatable bonds is 1. The van der Waals surface area contributed by atoms with Crippen molar-refractivity contribution in [1.82, 2.24) is 20.9 Å². The van der Waals surface area contributed by atoms with E-state index in [9.17, 15) is 19.7 Å². The molecule has 1 aromatic heterocycles. The Hall–Kier alpha value is -2.23. The summed E-state index contributed by atoms with van der Waals surface area (Å²) in [7, 11) is 0. The highest BCUT2D eigenvalue weighted by atomic mass is 16.6. The Kier molecular flexibility index (Phi) is 2.85. The number of nitro groups is 1. The van der Waals surface area contributed by atoms with E-state index in [1.165, 1.54) is 0 Å². The predicted octanol–water partition coefficient (Wildman–Crippen LogP) is -0.832. The number of H-pyrrole nitrogens is 1. The molecule has 13 heavy (non-hydrogen) atoms. The van der Waals surface area contributed by atoms with E-state index in [0.717, 1.165) is 0 Å². The molecule has 0 saturated heterocycles. The van der Waals surface area contributed by atoms with Crippen molar-refractivity contribution in [2.75, 3.05) is 0 Å². The summed E-state index contributed by atoms with van der Waals surface area (Å²) >= 11 is 0. The highest BCUT2D eigenvalue weighted by Gasteiger charge is 2.19. The van der Waals surface area contributed by atoms with Gasteiger partial charge in [-0.25, -0.2) is 9.59 Å². The van der Waals surface area contributed by atoms with Gasteiger partial charge in [-0.2, -0.15) is 4.98 Å². The summed E-state index contributed by atoms with van der Waals surface area (Å²) in [6, 6.07) is 0. The van der Waals surface area contributed by atoms with E-state index >= 15 is 0 Å². The molecule has 0 aliphatic heterocycles. The Morgan fingerprint density at radius 1 is 1.69 bits per heavy atom. The fourth-order valence-corrected chi connectivity index (χ4v) is 0.526. The van der Waals surface area contributed by atoms with Crippen LogP contribution in [0.15, 0.2) is 4.79 Å². The van der Waals surface area contributed by atoms with E-state index in [-0.39, 0.29) is 10.8 Å². The molecule has 0 atom stereocenters. The van der Waals surface area contributed by atoms with Crippen molar-refractivity contribution in [3.63, 3.8) is 0 Å². The summed E-state index contributed by atoms with van der Waals surface area (Å²) in [4.78, 5) is 31.3. The molecule has 0 radical (unpaired) electrons. The molecule has 0 saturated carbocycles. The van der Waals surface area contributed by atoms with Crippen LogP contribution in [-0.4, -0.2) is 30.9 Å². The molecule has 10 nitrogen and oxygen atoms in total. The van der Waals surface area contributed by atoms with Gasteiger partial charge in [0.25, 0.3) is 0 Å². The third kappa shape index (κ3) is 1.87. The highest BCUT2D eigenvalue weighted by Crippen LogP contribution is 1.94. The van der Waals surface area contributed by atoms with E-state index in [2.05, 4.69) is 5.10 Å². The lowest BCUT2D eigenvalue weighted by Gasteiger charge is -1.83. The van der Waals surface area contributed by atoms with Crippen LogP contribution in [-0.2, 0) is 0 Å². The first kappa shape index (κ1) is 10.8. The van der Waals surface area contributed by atoms with E-state index in [4.69, 9.17) is 5.11 Å². The Balaban J connectivity index is 0.00000144. The first-order chi connectivity index (χ1) is 5.52. The lowest BCUT2D eigenvalue weighted by Crippen LogP contribution is -2.24. The average molecular weight is 191 g/mol. The first-order valence-electron chi connectivity index (χ1n) is 2.59. The minimum Gasteiger partial charge on any atom is -0.462 e. The zero-order valence-corrected chi connectivity index (χ0v) is 6.13. The Morgan fingerprint density at radius 3 is 2.46 bits per heavy atom. The largest absolute Gasteiger partial charge is 0.462 e. The summed E-state index contributed by atoms with van der Waals surface area (Å²) in [5.74, 6) is -0.901. The minimum absolute atomic E-state index is 0. The van der Waals surface area contributed by atoms with Crippen molar-refractivity contribution in [2.24, 2.45) is 0 Å². The minimum atomic E-state index is -1.68. The van der Waals surface area contributed by atoms with Crippen molar-refractivity contribution in [1.29, 1.82) is 0 Å². The molecule has 0 unspecified atom stereocenters. The van der Waals surface area contributed by atoms with Crippen molar-refractivity contribution in [3.05, 3.63) is 20.6 Å². The monoisotopic (exact) mass is 191 g/mol. The van der Waals surface area contributed by atoms with Crippen LogP contribution >= 0.6 is 0 Å². The Bertz CT molecular complexity index is 389. The van der Waals surface area contributed by atoms with Crippen molar-refractivity contribution in [2.45, 2.75) is 0 Å². The lowest BCUT2D eigenvalue weighted by atomic mass is 11.1. The highest BCUT2D eigenvalue weighted by molar-refractivity contribution is 5.66. The molecule has 0 bridgehead atoms. The van der Waals surface area contributed by atoms with Crippen LogP contribution in [0.5, 0.6) is 0 Å². The van der Waals surface area contributed by atoms with Gasteiger partial charge in [0.15, 0.2) is 0 Å². The van der Waals surface area contributed by atoms with Crippen molar-refractivity contribution in [3.8, 4) is 0 Å². The van der Waals surface area contributed by atoms with Gasteiger partial charge in [0.1, 0.15) is 0 Å². The molecule has 0 spiro atoms. The number of nitrogens with one attached hydrogen (secondary N) is 1. The third-order valence-corrected chi connectivity index (χ3v) is 0.960. The normalized spacial score (nSPS) is 8.92. The number of carbonyl (C=O) groups is 1. The van der Waals surface area contributed by atoms with Crippen LogP contribution < -0.4 is 11.8 Å². The molecule has 1 heterocycles. The van der Waals surface area contributed by atoms with Gasteiger partial charge in [-0.3, -0.25) is 0 Å². The van der Waals surface area contributed by atoms with Gasteiger partial charge >= 0.3 is 17.7 Å². The quantitative estimate of drug-likeness (QED) is 0.384. The van der Waals surface area contributed by atoms with E-state index < -0.39 is 22.7 Å². The van der Waals surface area contributed by atoms with Crippen LogP contribution in [0.25, 0.3) is 0 Å². The van der Waals surface area contributed by atoms with Crippen molar-refractivity contribution < 1.29 is 14.8 Å². The zero-order chi connectivity index (χ0) is 9.30. The van der Waals surface area contributed by atoms with Crippen LogP contribution in [0.1, 0.15) is 0 Å². The molecule has 0 fully saturated rings. The summed E-state index contributed by atoms with van der Waals surface area (Å²) in [5, 5.41) is 21.0. The average Bonchev–Trinajstić information content (AvgIpc) is 2.30. The molecule has 10 heteroatoms. The number of aromatic nitrogens is 3. The maximum Gasteiger partial charge on any atom is 0.457 e. The van der Waals surface area contributed by atoms with Crippen LogP contribution in [0, 0.1) is 10.1 Å².